The molecule has 188 valence electrons. The summed E-state index contributed by atoms with van der Waals surface area (Å²) >= 11 is 0. The van der Waals surface area contributed by atoms with Crippen LogP contribution in [0.3, 0.4) is 0 Å². The van der Waals surface area contributed by atoms with Crippen molar-refractivity contribution >= 4 is 39.9 Å². The normalized spacial score (nSPS) is 24.2. The Bertz CT molecular complexity index is 1470. The predicted molar refractivity (Wildman–Crippen MR) is 138 cm³/mol. The third kappa shape index (κ3) is 3.30. The number of imide groups is 1. The van der Waals surface area contributed by atoms with Crippen molar-refractivity contribution in [3.8, 4) is 0 Å². The lowest BCUT2D eigenvalue weighted by atomic mass is 9.87. The Labute approximate surface area is 213 Å². The van der Waals surface area contributed by atoms with Gasteiger partial charge >= 0.3 is 6.03 Å². The third-order valence-corrected chi connectivity index (χ3v) is 7.98. The van der Waals surface area contributed by atoms with E-state index in [0.717, 1.165) is 29.7 Å². The van der Waals surface area contributed by atoms with E-state index in [1.165, 1.54) is 17.0 Å². The number of hydrogen-bond donors (Lipinski definition) is 1. The summed E-state index contributed by atoms with van der Waals surface area (Å²) in [5.74, 6) is -0.602. The number of carbonyl (C=O) groups excluding carboxylic acids is 3. The zero-order valence-corrected chi connectivity index (χ0v) is 20.3. The van der Waals surface area contributed by atoms with E-state index in [0.29, 0.717) is 22.8 Å². The fraction of sp³-hybridized carbons (Fsp3) is 0.321. The lowest BCUT2D eigenvalue weighted by molar-refractivity contribution is -0.383. The van der Waals surface area contributed by atoms with Crippen LogP contribution >= 0.6 is 0 Å². The molecule has 3 atom stereocenters. The first-order chi connectivity index (χ1) is 17.9. The summed E-state index contributed by atoms with van der Waals surface area (Å²) in [5, 5.41) is 15.6. The summed E-state index contributed by atoms with van der Waals surface area (Å²) in [6, 6.07) is 15.2. The molecule has 0 saturated carbocycles. The summed E-state index contributed by atoms with van der Waals surface area (Å²) < 4.78 is 0. The van der Waals surface area contributed by atoms with Gasteiger partial charge in [-0.15, -0.1) is 0 Å². The summed E-state index contributed by atoms with van der Waals surface area (Å²) in [7, 11) is 0. The Morgan fingerprint density at radius 2 is 1.81 bits per heavy atom. The van der Waals surface area contributed by atoms with E-state index in [4.69, 9.17) is 0 Å². The molecule has 3 heterocycles. The highest BCUT2D eigenvalue weighted by molar-refractivity contribution is 6.27. The second kappa shape index (κ2) is 8.48. The first-order valence-corrected chi connectivity index (χ1v) is 12.6. The van der Waals surface area contributed by atoms with Crippen molar-refractivity contribution < 1.29 is 19.3 Å². The number of ketones is 1. The number of nitrogens with zero attached hydrogens (tertiary/aromatic N) is 3. The number of urea groups is 1. The summed E-state index contributed by atoms with van der Waals surface area (Å²) in [5.41, 5.74) is 0.704. The van der Waals surface area contributed by atoms with Crippen LogP contribution in [0.4, 0.5) is 16.2 Å². The Morgan fingerprint density at radius 3 is 2.51 bits per heavy atom. The number of benzene rings is 3. The number of Topliss-reactive ketones (excluding diaryl/α,β-unsaturated/α-hetero) is 1. The summed E-state index contributed by atoms with van der Waals surface area (Å²) in [4.78, 5) is 55.1. The van der Waals surface area contributed by atoms with Gasteiger partial charge in [0.1, 0.15) is 11.6 Å². The molecule has 3 aromatic rings. The lowest BCUT2D eigenvalue weighted by Gasteiger charge is -2.36. The monoisotopic (exact) mass is 498 g/mol. The molecule has 3 aliphatic rings. The standard InChI is InChI=1S/C28H26N4O5/c1-2-3-6-17-9-11-18(12-10-17)25(33)28-15-21(29-16-28)24-26(34)30(27(35)31(24)28)22-13-14-23(32(36)37)20-8-5-4-7-19(20)22/h4-5,7-14,21,24,29H,2-3,6,15-16H2,1H3. The van der Waals surface area contributed by atoms with Crippen LogP contribution in [0.1, 0.15) is 42.1 Å². The Kier molecular flexibility index (Phi) is 5.34. The van der Waals surface area contributed by atoms with E-state index in [2.05, 4.69) is 12.2 Å². The fourth-order valence-electron chi connectivity index (χ4n) is 6.18. The zero-order valence-electron chi connectivity index (χ0n) is 20.3. The number of hydrogen-bond acceptors (Lipinski definition) is 6. The maximum atomic E-state index is 13.9. The molecule has 9 nitrogen and oxygen atoms in total. The maximum Gasteiger partial charge on any atom is 0.333 e. The molecule has 1 N–H and O–H groups in total. The number of amides is 3. The number of fused-ring (bicyclic) bond motifs is 6. The molecule has 0 aliphatic carbocycles. The minimum Gasteiger partial charge on any atom is -0.308 e. The van der Waals surface area contributed by atoms with Crippen molar-refractivity contribution in [2.24, 2.45) is 0 Å². The number of nitro groups is 1. The molecule has 3 saturated heterocycles. The molecule has 0 radical (unpaired) electrons. The molecule has 3 amide bonds. The first-order valence-electron chi connectivity index (χ1n) is 12.6. The predicted octanol–water partition coefficient (Wildman–Crippen LogP) is 4.23. The lowest BCUT2D eigenvalue weighted by Crippen LogP contribution is -2.61. The van der Waals surface area contributed by atoms with Gasteiger partial charge in [0, 0.05) is 29.6 Å². The van der Waals surface area contributed by atoms with Gasteiger partial charge in [-0.05, 0) is 37.0 Å². The van der Waals surface area contributed by atoms with Gasteiger partial charge in [-0.1, -0.05) is 55.8 Å². The maximum absolute atomic E-state index is 13.9. The number of nitrogens with one attached hydrogen (secondary N) is 1. The average Bonchev–Trinajstić information content (AvgIpc) is 3.57. The van der Waals surface area contributed by atoms with E-state index in [1.807, 2.05) is 24.3 Å². The number of non-ortho nitro benzene ring substituents is 1. The van der Waals surface area contributed by atoms with Crippen molar-refractivity contribution in [1.29, 1.82) is 0 Å². The molecular weight excluding hydrogens is 472 g/mol. The molecular formula is C28H26N4O5. The van der Waals surface area contributed by atoms with Crippen LogP contribution in [0.2, 0.25) is 0 Å². The fourth-order valence-corrected chi connectivity index (χ4v) is 6.18. The minimum atomic E-state index is -1.15. The highest BCUT2D eigenvalue weighted by Crippen LogP contribution is 2.47. The van der Waals surface area contributed by atoms with Crippen LogP contribution < -0.4 is 10.2 Å². The number of rotatable bonds is 7. The largest absolute Gasteiger partial charge is 0.333 e. The summed E-state index contributed by atoms with van der Waals surface area (Å²) in [6.07, 6.45) is 3.48. The molecule has 37 heavy (non-hydrogen) atoms. The van der Waals surface area contributed by atoms with Gasteiger partial charge in [0.2, 0.25) is 0 Å². The second-order valence-corrected chi connectivity index (χ2v) is 10.0. The SMILES string of the molecule is CCCCc1ccc(C(=O)C23CNC(C2)C2C(=O)N(c4ccc([N+](=O)[O-])c5ccccc45)C(=O)N23)cc1. The first kappa shape index (κ1) is 23.3. The van der Waals surface area contributed by atoms with Gasteiger partial charge in [-0.25, -0.2) is 9.69 Å². The van der Waals surface area contributed by atoms with E-state index in [-0.39, 0.29) is 29.7 Å². The highest BCUT2D eigenvalue weighted by Gasteiger charge is 2.69. The van der Waals surface area contributed by atoms with E-state index < -0.39 is 28.4 Å². The van der Waals surface area contributed by atoms with Gasteiger partial charge in [-0.2, -0.15) is 0 Å². The number of aryl methyl sites for hydroxylation is 1. The Hall–Kier alpha value is -4.11. The molecule has 3 aromatic carbocycles. The number of piperazine rings is 1. The minimum absolute atomic E-state index is 0.102. The molecule has 2 bridgehead atoms. The smallest absolute Gasteiger partial charge is 0.308 e. The van der Waals surface area contributed by atoms with Gasteiger partial charge in [0.05, 0.1) is 16.0 Å². The van der Waals surface area contributed by atoms with Crippen molar-refractivity contribution in [2.75, 3.05) is 11.4 Å². The third-order valence-electron chi connectivity index (χ3n) is 7.98. The van der Waals surface area contributed by atoms with Crippen molar-refractivity contribution in [2.45, 2.75) is 50.2 Å². The topological polar surface area (TPSA) is 113 Å². The van der Waals surface area contributed by atoms with Crippen LogP contribution in [0, 0.1) is 10.1 Å². The molecule has 3 aliphatic heterocycles. The molecule has 3 unspecified atom stereocenters. The molecule has 0 spiro atoms. The quantitative estimate of drug-likeness (QED) is 0.226. The average molecular weight is 499 g/mol. The van der Waals surface area contributed by atoms with Gasteiger partial charge in [-0.3, -0.25) is 24.6 Å². The molecule has 3 fully saturated rings. The van der Waals surface area contributed by atoms with E-state index in [1.54, 1.807) is 24.3 Å². The molecule has 9 heteroatoms. The summed E-state index contributed by atoms with van der Waals surface area (Å²) in [6.45, 7) is 2.41. The number of anilines is 1. The second-order valence-electron chi connectivity index (χ2n) is 10.0. The molecule has 0 aromatic heterocycles. The van der Waals surface area contributed by atoms with Crippen LogP contribution in [-0.2, 0) is 11.2 Å². The number of carbonyl (C=O) groups is 3. The Morgan fingerprint density at radius 1 is 1.08 bits per heavy atom. The highest BCUT2D eigenvalue weighted by atomic mass is 16.6. The van der Waals surface area contributed by atoms with Crippen molar-refractivity contribution in [1.82, 2.24) is 10.2 Å². The Balaban J connectivity index is 1.38. The van der Waals surface area contributed by atoms with Crippen LogP contribution in [0.15, 0.2) is 60.7 Å². The number of nitro benzene ring substituents is 1. The van der Waals surface area contributed by atoms with Crippen molar-refractivity contribution in [3.05, 3.63) is 81.9 Å². The van der Waals surface area contributed by atoms with Crippen LogP contribution in [-0.4, -0.2) is 51.7 Å². The van der Waals surface area contributed by atoms with Crippen LogP contribution in [0.25, 0.3) is 10.8 Å². The van der Waals surface area contributed by atoms with Crippen molar-refractivity contribution in [3.63, 3.8) is 0 Å². The molecule has 6 rings (SSSR count). The van der Waals surface area contributed by atoms with Gasteiger partial charge in [0.25, 0.3) is 11.6 Å². The van der Waals surface area contributed by atoms with Gasteiger partial charge < -0.3 is 5.32 Å². The number of unbranched alkanes of at least 4 members (excludes halogenated alkanes) is 1. The zero-order chi connectivity index (χ0) is 25.9. The van der Waals surface area contributed by atoms with Gasteiger partial charge in [0.15, 0.2) is 5.78 Å². The van der Waals surface area contributed by atoms with E-state index >= 15 is 0 Å². The van der Waals surface area contributed by atoms with E-state index in [9.17, 15) is 24.5 Å². The van der Waals surface area contributed by atoms with Crippen LogP contribution in [0.5, 0.6) is 0 Å².